The van der Waals surface area contributed by atoms with E-state index < -0.39 is 0 Å². The lowest BCUT2D eigenvalue weighted by molar-refractivity contribution is 0.145. The molecule has 17 heavy (non-hydrogen) atoms. The molecule has 0 aliphatic heterocycles. The molecule has 0 heterocycles. The number of anilines is 1. The van der Waals surface area contributed by atoms with Gasteiger partial charge in [0.1, 0.15) is 0 Å². The molecule has 0 spiro atoms. The van der Waals surface area contributed by atoms with Crippen LogP contribution in [0, 0.1) is 5.92 Å². The van der Waals surface area contributed by atoms with Crippen molar-refractivity contribution < 1.29 is 5.11 Å². The van der Waals surface area contributed by atoms with Crippen LogP contribution in [-0.2, 0) is 0 Å². The van der Waals surface area contributed by atoms with E-state index in [4.69, 9.17) is 0 Å². The first kappa shape index (κ1) is 14.0. The number of hydrogen-bond acceptors (Lipinski definition) is 2. The monoisotopic (exact) mass is 235 g/mol. The molecule has 2 atom stereocenters. The van der Waals surface area contributed by atoms with Crippen molar-refractivity contribution in [1.82, 2.24) is 0 Å². The zero-order valence-corrected chi connectivity index (χ0v) is 11.5. The van der Waals surface area contributed by atoms with Crippen molar-refractivity contribution >= 4 is 5.69 Å². The number of nitrogens with zero attached hydrogens (tertiary/aromatic N) is 1. The zero-order valence-electron chi connectivity index (χ0n) is 11.5. The maximum atomic E-state index is 10.1. The van der Waals surface area contributed by atoms with Crippen LogP contribution in [0.5, 0.6) is 0 Å². The highest BCUT2D eigenvalue weighted by Crippen LogP contribution is 2.25. The van der Waals surface area contributed by atoms with Crippen LogP contribution in [0.15, 0.2) is 24.3 Å². The van der Waals surface area contributed by atoms with E-state index in [1.54, 1.807) is 0 Å². The number of rotatable bonds is 6. The molecular formula is C15H25NO. The normalized spacial score (nSPS) is 14.4. The summed E-state index contributed by atoms with van der Waals surface area (Å²) in [5.41, 5.74) is 2.20. The Labute approximate surface area is 105 Å². The Morgan fingerprint density at radius 1 is 1.18 bits per heavy atom. The van der Waals surface area contributed by atoms with Crippen LogP contribution in [0.25, 0.3) is 0 Å². The van der Waals surface area contributed by atoms with Crippen LogP contribution in [0.3, 0.4) is 0 Å². The molecule has 0 radical (unpaired) electrons. The van der Waals surface area contributed by atoms with E-state index in [0.29, 0.717) is 5.92 Å². The van der Waals surface area contributed by atoms with E-state index in [-0.39, 0.29) is 6.10 Å². The molecule has 0 amide bonds. The predicted molar refractivity (Wildman–Crippen MR) is 74.4 cm³/mol. The maximum absolute atomic E-state index is 10.1. The molecule has 0 aliphatic carbocycles. The lowest BCUT2D eigenvalue weighted by Crippen LogP contribution is -2.09. The SMILES string of the molecule is CCCC(C)CC(O)c1ccc(N(C)C)cc1. The van der Waals surface area contributed by atoms with Gasteiger partial charge in [-0.3, -0.25) is 0 Å². The van der Waals surface area contributed by atoms with Gasteiger partial charge < -0.3 is 10.0 Å². The summed E-state index contributed by atoms with van der Waals surface area (Å²) in [6, 6.07) is 8.17. The minimum Gasteiger partial charge on any atom is -0.388 e. The summed E-state index contributed by atoms with van der Waals surface area (Å²) in [7, 11) is 4.05. The lowest BCUT2D eigenvalue weighted by atomic mass is 9.95. The van der Waals surface area contributed by atoms with Crippen molar-refractivity contribution in [3.05, 3.63) is 29.8 Å². The van der Waals surface area contributed by atoms with Crippen molar-refractivity contribution in [3.63, 3.8) is 0 Å². The summed E-state index contributed by atoms with van der Waals surface area (Å²) < 4.78 is 0. The van der Waals surface area contributed by atoms with Gasteiger partial charge in [0, 0.05) is 19.8 Å². The highest BCUT2D eigenvalue weighted by molar-refractivity contribution is 5.46. The minimum atomic E-state index is -0.326. The van der Waals surface area contributed by atoms with E-state index in [2.05, 4.69) is 30.9 Å². The lowest BCUT2D eigenvalue weighted by Gasteiger charge is -2.18. The number of aliphatic hydroxyl groups excluding tert-OH is 1. The van der Waals surface area contributed by atoms with Gasteiger partial charge in [-0.1, -0.05) is 38.8 Å². The largest absolute Gasteiger partial charge is 0.388 e. The van der Waals surface area contributed by atoms with Gasteiger partial charge >= 0.3 is 0 Å². The summed E-state index contributed by atoms with van der Waals surface area (Å²) >= 11 is 0. The van der Waals surface area contributed by atoms with E-state index in [0.717, 1.165) is 12.0 Å². The van der Waals surface area contributed by atoms with Crippen molar-refractivity contribution in [2.45, 2.75) is 39.2 Å². The average Bonchev–Trinajstić information content (AvgIpc) is 2.29. The van der Waals surface area contributed by atoms with Gasteiger partial charge in [-0.25, -0.2) is 0 Å². The first-order valence-electron chi connectivity index (χ1n) is 6.50. The third kappa shape index (κ3) is 4.39. The highest BCUT2D eigenvalue weighted by atomic mass is 16.3. The van der Waals surface area contributed by atoms with Gasteiger partial charge in [-0.2, -0.15) is 0 Å². The first-order valence-corrected chi connectivity index (χ1v) is 6.50. The van der Waals surface area contributed by atoms with Crippen molar-refractivity contribution in [1.29, 1.82) is 0 Å². The molecule has 2 unspecified atom stereocenters. The van der Waals surface area contributed by atoms with E-state index >= 15 is 0 Å². The summed E-state index contributed by atoms with van der Waals surface area (Å²) in [6.07, 6.45) is 2.91. The Morgan fingerprint density at radius 2 is 1.76 bits per heavy atom. The molecule has 1 aromatic rings. The Kier molecular flexibility index (Phi) is 5.49. The summed E-state index contributed by atoms with van der Waals surface area (Å²) in [6.45, 7) is 4.40. The Balaban J connectivity index is 2.60. The van der Waals surface area contributed by atoms with E-state index in [1.807, 2.05) is 26.2 Å². The summed E-state index contributed by atoms with van der Waals surface area (Å²) in [5.74, 6) is 0.587. The van der Waals surface area contributed by atoms with Crippen LogP contribution >= 0.6 is 0 Å². The molecule has 2 heteroatoms. The zero-order chi connectivity index (χ0) is 12.8. The van der Waals surface area contributed by atoms with Crippen LogP contribution in [0.2, 0.25) is 0 Å². The van der Waals surface area contributed by atoms with Crippen molar-refractivity contribution in [2.75, 3.05) is 19.0 Å². The van der Waals surface area contributed by atoms with Crippen LogP contribution in [0.1, 0.15) is 44.8 Å². The molecule has 96 valence electrons. The molecular weight excluding hydrogens is 210 g/mol. The number of aliphatic hydroxyl groups is 1. The number of benzene rings is 1. The van der Waals surface area contributed by atoms with Crippen molar-refractivity contribution in [3.8, 4) is 0 Å². The second-order valence-electron chi connectivity index (χ2n) is 5.13. The first-order chi connectivity index (χ1) is 8.04. The fourth-order valence-corrected chi connectivity index (χ4v) is 2.12. The minimum absolute atomic E-state index is 0.326. The van der Waals surface area contributed by atoms with Gasteiger partial charge in [-0.15, -0.1) is 0 Å². The molecule has 2 nitrogen and oxygen atoms in total. The molecule has 0 aliphatic rings. The second-order valence-corrected chi connectivity index (χ2v) is 5.13. The summed E-state index contributed by atoms with van der Waals surface area (Å²) in [4.78, 5) is 2.07. The fraction of sp³-hybridized carbons (Fsp3) is 0.600. The highest BCUT2D eigenvalue weighted by Gasteiger charge is 2.11. The van der Waals surface area contributed by atoms with Gasteiger partial charge in [0.05, 0.1) is 6.10 Å². The molecule has 1 N–H and O–H groups in total. The third-order valence-electron chi connectivity index (χ3n) is 3.20. The molecule has 0 saturated carbocycles. The topological polar surface area (TPSA) is 23.5 Å². The summed E-state index contributed by atoms with van der Waals surface area (Å²) in [5, 5.41) is 10.1. The second kappa shape index (κ2) is 6.65. The average molecular weight is 235 g/mol. The van der Waals surface area contributed by atoms with E-state index in [1.165, 1.54) is 18.5 Å². The molecule has 1 rings (SSSR count). The molecule has 0 fully saturated rings. The van der Waals surface area contributed by atoms with Crippen molar-refractivity contribution in [2.24, 2.45) is 5.92 Å². The third-order valence-corrected chi connectivity index (χ3v) is 3.20. The maximum Gasteiger partial charge on any atom is 0.0792 e. The molecule has 0 aromatic heterocycles. The van der Waals surface area contributed by atoms with E-state index in [9.17, 15) is 5.11 Å². The fourth-order valence-electron chi connectivity index (χ4n) is 2.12. The molecule has 1 aromatic carbocycles. The number of hydrogen-bond donors (Lipinski definition) is 1. The van der Waals surface area contributed by atoms with Gasteiger partial charge in [0.15, 0.2) is 0 Å². The smallest absolute Gasteiger partial charge is 0.0792 e. The van der Waals surface area contributed by atoms with Gasteiger partial charge in [0.25, 0.3) is 0 Å². The quantitative estimate of drug-likeness (QED) is 0.814. The van der Waals surface area contributed by atoms with Crippen LogP contribution in [0.4, 0.5) is 5.69 Å². The Morgan fingerprint density at radius 3 is 2.24 bits per heavy atom. The Bertz CT molecular complexity index is 318. The standard InChI is InChI=1S/C15H25NO/c1-5-6-12(2)11-15(17)13-7-9-14(10-8-13)16(3)4/h7-10,12,15,17H,5-6,11H2,1-4H3. The predicted octanol–water partition coefficient (Wildman–Crippen LogP) is 3.61. The van der Waals surface area contributed by atoms with Gasteiger partial charge in [-0.05, 0) is 30.0 Å². The molecule has 0 bridgehead atoms. The van der Waals surface area contributed by atoms with Crippen LogP contribution in [-0.4, -0.2) is 19.2 Å². The van der Waals surface area contributed by atoms with Crippen LogP contribution < -0.4 is 4.90 Å². The molecule has 0 saturated heterocycles. The van der Waals surface area contributed by atoms with Gasteiger partial charge in [0.2, 0.25) is 0 Å². The Hall–Kier alpha value is -1.02.